The maximum atomic E-state index is 12.6. The number of carbonyl (C=O) groups is 2. The molecule has 1 aromatic rings. The van der Waals surface area contributed by atoms with Crippen LogP contribution in [0.15, 0.2) is 30.3 Å². The van der Waals surface area contributed by atoms with Crippen LogP contribution in [-0.2, 0) is 25.6 Å². The second-order valence-electron chi connectivity index (χ2n) is 7.11. The molecule has 1 aromatic carbocycles. The van der Waals surface area contributed by atoms with Gasteiger partial charge in [-0.05, 0) is 37.7 Å². The number of esters is 1. The summed E-state index contributed by atoms with van der Waals surface area (Å²) in [5.41, 5.74) is 0.271. The number of rotatable bonds is 7. The Kier molecular flexibility index (Phi) is 6.14. The molecule has 0 spiro atoms. The van der Waals surface area contributed by atoms with E-state index in [1.165, 1.54) is 0 Å². The summed E-state index contributed by atoms with van der Waals surface area (Å²) in [6.45, 7) is 3.13. The van der Waals surface area contributed by atoms with E-state index in [9.17, 15) is 9.59 Å². The van der Waals surface area contributed by atoms with E-state index in [-0.39, 0.29) is 31.6 Å². The van der Waals surface area contributed by atoms with Gasteiger partial charge in [0.2, 0.25) is 0 Å². The molecule has 1 heterocycles. The second kappa shape index (κ2) is 8.54. The summed E-state index contributed by atoms with van der Waals surface area (Å²) in [4.78, 5) is 26.7. The van der Waals surface area contributed by atoms with Gasteiger partial charge in [-0.3, -0.25) is 4.79 Å². The number of piperidine rings is 1. The standard InChI is InChI=1S/C20H27NO5/c1-2-20(18(22)26-15-25-17-9-10-17)11-6-12-21(14-20)19(23)24-13-16-7-4-3-5-8-16/h3-5,7-8,17H,2,6,9-15H2,1H3. The third kappa shape index (κ3) is 4.75. The Hall–Kier alpha value is -2.08. The Bertz CT molecular complexity index is 616. The van der Waals surface area contributed by atoms with Gasteiger partial charge in [0.25, 0.3) is 0 Å². The first-order valence-corrected chi connectivity index (χ1v) is 9.37. The highest BCUT2D eigenvalue weighted by Gasteiger charge is 2.44. The predicted molar refractivity (Wildman–Crippen MR) is 95.2 cm³/mol. The van der Waals surface area contributed by atoms with E-state index < -0.39 is 5.41 Å². The molecular formula is C20H27NO5. The van der Waals surface area contributed by atoms with Gasteiger partial charge in [0.05, 0.1) is 11.5 Å². The topological polar surface area (TPSA) is 65.1 Å². The molecule has 0 aromatic heterocycles. The minimum absolute atomic E-state index is 0.00367. The third-order valence-electron chi connectivity index (χ3n) is 5.17. The third-order valence-corrected chi connectivity index (χ3v) is 5.17. The lowest BCUT2D eigenvalue weighted by Crippen LogP contribution is -2.50. The highest BCUT2D eigenvalue weighted by atomic mass is 16.7. The number of nitrogens with zero attached hydrogens (tertiary/aromatic N) is 1. The average Bonchev–Trinajstić information content (AvgIpc) is 3.51. The Morgan fingerprint density at radius 2 is 1.96 bits per heavy atom. The van der Waals surface area contributed by atoms with Gasteiger partial charge in [-0.15, -0.1) is 0 Å². The van der Waals surface area contributed by atoms with Gasteiger partial charge in [-0.25, -0.2) is 4.79 Å². The molecule has 1 aliphatic carbocycles. The molecule has 1 saturated carbocycles. The van der Waals surface area contributed by atoms with Crippen LogP contribution in [0.5, 0.6) is 0 Å². The van der Waals surface area contributed by atoms with Crippen molar-refractivity contribution in [3.63, 3.8) is 0 Å². The van der Waals surface area contributed by atoms with Crippen LogP contribution >= 0.6 is 0 Å². The van der Waals surface area contributed by atoms with Crippen molar-refractivity contribution < 1.29 is 23.8 Å². The zero-order chi connectivity index (χ0) is 18.4. The van der Waals surface area contributed by atoms with Crippen LogP contribution in [-0.4, -0.2) is 42.9 Å². The summed E-state index contributed by atoms with van der Waals surface area (Å²) in [5.74, 6) is -0.277. The molecule has 1 saturated heterocycles. The van der Waals surface area contributed by atoms with Crippen LogP contribution in [0.2, 0.25) is 0 Å². The van der Waals surface area contributed by atoms with Crippen molar-refractivity contribution in [3.8, 4) is 0 Å². The van der Waals surface area contributed by atoms with Crippen LogP contribution in [0.1, 0.15) is 44.6 Å². The average molecular weight is 361 g/mol. The van der Waals surface area contributed by atoms with Gasteiger partial charge in [0.1, 0.15) is 6.61 Å². The van der Waals surface area contributed by atoms with Crippen LogP contribution in [0.3, 0.4) is 0 Å². The fourth-order valence-corrected chi connectivity index (χ4v) is 3.27. The van der Waals surface area contributed by atoms with E-state index in [0.717, 1.165) is 24.8 Å². The van der Waals surface area contributed by atoms with E-state index >= 15 is 0 Å². The van der Waals surface area contributed by atoms with E-state index in [0.29, 0.717) is 25.9 Å². The van der Waals surface area contributed by atoms with Gasteiger partial charge < -0.3 is 19.1 Å². The smallest absolute Gasteiger partial charge is 0.410 e. The summed E-state index contributed by atoms with van der Waals surface area (Å²) >= 11 is 0. The monoisotopic (exact) mass is 361 g/mol. The molecule has 2 aliphatic rings. The fraction of sp³-hybridized carbons (Fsp3) is 0.600. The van der Waals surface area contributed by atoms with E-state index in [1.54, 1.807) is 4.90 Å². The number of hydrogen-bond donors (Lipinski definition) is 0. The first-order valence-electron chi connectivity index (χ1n) is 9.37. The maximum Gasteiger partial charge on any atom is 0.410 e. The molecule has 1 amide bonds. The molecule has 0 radical (unpaired) electrons. The number of ether oxygens (including phenoxy) is 3. The molecular weight excluding hydrogens is 334 g/mol. The van der Waals surface area contributed by atoms with Gasteiger partial charge in [0, 0.05) is 13.1 Å². The van der Waals surface area contributed by atoms with Crippen LogP contribution in [0.25, 0.3) is 0 Å². The number of hydrogen-bond acceptors (Lipinski definition) is 5. The van der Waals surface area contributed by atoms with Crippen LogP contribution in [0.4, 0.5) is 4.79 Å². The number of benzene rings is 1. The second-order valence-corrected chi connectivity index (χ2v) is 7.11. The predicted octanol–water partition coefficient (Wildman–Crippen LogP) is 3.50. The van der Waals surface area contributed by atoms with Crippen molar-refractivity contribution in [1.29, 1.82) is 0 Å². The van der Waals surface area contributed by atoms with Crippen molar-refractivity contribution in [2.75, 3.05) is 19.9 Å². The zero-order valence-corrected chi connectivity index (χ0v) is 15.3. The quantitative estimate of drug-likeness (QED) is 0.549. The fourth-order valence-electron chi connectivity index (χ4n) is 3.27. The lowest BCUT2D eigenvalue weighted by Gasteiger charge is -2.39. The number of amides is 1. The van der Waals surface area contributed by atoms with E-state index in [4.69, 9.17) is 14.2 Å². The molecule has 3 rings (SSSR count). The summed E-state index contributed by atoms with van der Waals surface area (Å²) in [6, 6.07) is 9.57. The Morgan fingerprint density at radius 1 is 1.19 bits per heavy atom. The normalized spacial score (nSPS) is 22.7. The molecule has 6 heteroatoms. The number of likely N-dealkylation sites (tertiary alicyclic amines) is 1. The first kappa shape index (κ1) is 18.7. The minimum atomic E-state index is -0.670. The molecule has 1 atom stereocenters. The van der Waals surface area contributed by atoms with E-state index in [2.05, 4.69) is 0 Å². The molecule has 6 nitrogen and oxygen atoms in total. The molecule has 2 fully saturated rings. The molecule has 1 unspecified atom stereocenters. The SMILES string of the molecule is CCC1(C(=O)OCOC2CC2)CCCN(C(=O)OCc2ccccc2)C1. The summed E-state index contributed by atoms with van der Waals surface area (Å²) in [5, 5.41) is 0. The van der Waals surface area contributed by atoms with Gasteiger partial charge in [-0.2, -0.15) is 0 Å². The lowest BCUT2D eigenvalue weighted by atomic mass is 9.77. The Morgan fingerprint density at radius 3 is 2.65 bits per heavy atom. The molecule has 0 bridgehead atoms. The van der Waals surface area contributed by atoms with Gasteiger partial charge in [-0.1, -0.05) is 37.3 Å². The summed E-state index contributed by atoms with van der Waals surface area (Å²) in [7, 11) is 0. The van der Waals surface area contributed by atoms with Gasteiger partial charge in [0.15, 0.2) is 6.79 Å². The van der Waals surface area contributed by atoms with Crippen molar-refractivity contribution in [2.45, 2.75) is 51.7 Å². The molecule has 1 aliphatic heterocycles. The lowest BCUT2D eigenvalue weighted by molar-refractivity contribution is -0.173. The highest BCUT2D eigenvalue weighted by molar-refractivity contribution is 5.78. The Labute approximate surface area is 154 Å². The summed E-state index contributed by atoms with van der Waals surface area (Å²) < 4.78 is 16.2. The number of carbonyl (C=O) groups excluding carboxylic acids is 2. The largest absolute Gasteiger partial charge is 0.445 e. The van der Waals surface area contributed by atoms with Crippen molar-refractivity contribution in [3.05, 3.63) is 35.9 Å². The zero-order valence-electron chi connectivity index (χ0n) is 15.3. The first-order chi connectivity index (χ1) is 12.6. The summed E-state index contributed by atoms with van der Waals surface area (Å²) in [6.07, 6.45) is 4.04. The minimum Gasteiger partial charge on any atom is -0.445 e. The van der Waals surface area contributed by atoms with Crippen molar-refractivity contribution in [1.82, 2.24) is 4.90 Å². The Balaban J connectivity index is 1.53. The van der Waals surface area contributed by atoms with Gasteiger partial charge >= 0.3 is 12.1 Å². The molecule has 26 heavy (non-hydrogen) atoms. The van der Waals surface area contributed by atoms with Crippen LogP contribution in [0, 0.1) is 5.41 Å². The molecule has 142 valence electrons. The molecule has 0 N–H and O–H groups in total. The van der Waals surface area contributed by atoms with Crippen molar-refractivity contribution in [2.24, 2.45) is 5.41 Å². The van der Waals surface area contributed by atoms with Crippen molar-refractivity contribution >= 4 is 12.1 Å². The highest BCUT2D eigenvalue weighted by Crippen LogP contribution is 2.35. The van der Waals surface area contributed by atoms with Crippen LogP contribution < -0.4 is 0 Å². The van der Waals surface area contributed by atoms with E-state index in [1.807, 2.05) is 37.3 Å². The maximum absolute atomic E-state index is 12.6.